The van der Waals surface area contributed by atoms with E-state index in [2.05, 4.69) is 30.3 Å². The summed E-state index contributed by atoms with van der Waals surface area (Å²) >= 11 is 11.8. The molecular weight excluding hydrogens is 485 g/mol. The molecule has 1 atom stereocenters. The lowest BCUT2D eigenvalue weighted by Gasteiger charge is -2.12. The summed E-state index contributed by atoms with van der Waals surface area (Å²) in [6, 6.07) is 4.67. The second-order valence-corrected chi connectivity index (χ2v) is 7.74. The first-order chi connectivity index (χ1) is 15.7. The number of carbonyl (C=O) groups is 2. The number of halogens is 4. The smallest absolute Gasteiger partial charge is 0.297 e. The van der Waals surface area contributed by atoms with Crippen molar-refractivity contribution in [3.05, 3.63) is 63.5 Å². The first-order valence-corrected chi connectivity index (χ1v) is 10.2. The average molecular weight is 503 g/mol. The topological polar surface area (TPSA) is 135 Å². The number of aromatic nitrogens is 4. The summed E-state index contributed by atoms with van der Waals surface area (Å²) in [4.78, 5) is 27.7. The van der Waals surface area contributed by atoms with Crippen LogP contribution in [0.4, 0.5) is 8.78 Å². The van der Waals surface area contributed by atoms with Crippen LogP contribution >= 0.6 is 23.2 Å². The van der Waals surface area contributed by atoms with E-state index in [1.165, 1.54) is 16.9 Å². The second-order valence-electron chi connectivity index (χ2n) is 6.86. The van der Waals surface area contributed by atoms with E-state index in [0.29, 0.717) is 21.3 Å². The van der Waals surface area contributed by atoms with Crippen molar-refractivity contribution in [3.63, 3.8) is 0 Å². The van der Waals surface area contributed by atoms with E-state index in [1.54, 1.807) is 12.1 Å². The maximum atomic E-state index is 12.8. The van der Waals surface area contributed by atoms with Gasteiger partial charge >= 0.3 is 0 Å². The molecule has 2 heterocycles. The summed E-state index contributed by atoms with van der Waals surface area (Å²) in [6.07, 6.45) is -1.87. The molecule has 2 amide bonds. The molecule has 2 aromatic heterocycles. The molecule has 0 saturated carbocycles. The van der Waals surface area contributed by atoms with Gasteiger partial charge in [-0.2, -0.15) is 0 Å². The van der Waals surface area contributed by atoms with Gasteiger partial charge in [0.1, 0.15) is 17.5 Å². The minimum atomic E-state index is -2.80. The van der Waals surface area contributed by atoms with Crippen molar-refractivity contribution < 1.29 is 27.9 Å². The number of benzene rings is 1. The zero-order chi connectivity index (χ0) is 24.0. The highest BCUT2D eigenvalue weighted by Gasteiger charge is 2.19. The molecule has 0 fully saturated rings. The SMILES string of the molecule is O=C(CNC(=O)C(O)Cc1cc(Cl)cc(Cl)c1)NCc1cn(Cc2ncoc2C(F)F)nn1. The van der Waals surface area contributed by atoms with Gasteiger partial charge in [-0.3, -0.25) is 9.59 Å². The minimum absolute atomic E-state index is 0.0151. The highest BCUT2D eigenvalue weighted by atomic mass is 35.5. The Balaban J connectivity index is 1.42. The lowest BCUT2D eigenvalue weighted by atomic mass is 10.1. The van der Waals surface area contributed by atoms with Crippen molar-refractivity contribution in [3.8, 4) is 0 Å². The molecule has 0 aliphatic carbocycles. The quantitative estimate of drug-likeness (QED) is 0.385. The highest BCUT2D eigenvalue weighted by molar-refractivity contribution is 6.34. The van der Waals surface area contributed by atoms with Crippen LogP contribution in [0.15, 0.2) is 35.2 Å². The summed E-state index contributed by atoms with van der Waals surface area (Å²) in [7, 11) is 0. The van der Waals surface area contributed by atoms with E-state index < -0.39 is 30.1 Å². The fourth-order valence-electron chi connectivity index (χ4n) is 2.81. The predicted octanol–water partition coefficient (Wildman–Crippen LogP) is 1.89. The molecule has 0 aliphatic rings. The molecule has 3 N–H and O–H groups in total. The fraction of sp³-hybridized carbons (Fsp3) is 0.316. The minimum Gasteiger partial charge on any atom is -0.442 e. The van der Waals surface area contributed by atoms with E-state index in [0.717, 1.165) is 6.39 Å². The zero-order valence-corrected chi connectivity index (χ0v) is 18.4. The van der Waals surface area contributed by atoms with E-state index in [9.17, 15) is 23.5 Å². The number of nitrogens with zero attached hydrogens (tertiary/aromatic N) is 4. The van der Waals surface area contributed by atoms with Crippen molar-refractivity contribution in [2.24, 2.45) is 0 Å². The van der Waals surface area contributed by atoms with Crippen LogP contribution in [0.1, 0.15) is 29.1 Å². The Morgan fingerprint density at radius 2 is 1.91 bits per heavy atom. The summed E-state index contributed by atoms with van der Waals surface area (Å²) in [5.41, 5.74) is 0.940. The number of aliphatic hydroxyl groups excluding tert-OH is 1. The first kappa shape index (κ1) is 24.6. The maximum Gasteiger partial charge on any atom is 0.297 e. The molecule has 0 aliphatic heterocycles. The third kappa shape index (κ3) is 7.20. The van der Waals surface area contributed by atoms with Crippen LogP contribution in [0, 0.1) is 0 Å². The van der Waals surface area contributed by atoms with Crippen LogP contribution in [0.2, 0.25) is 10.0 Å². The normalized spacial score (nSPS) is 12.1. The van der Waals surface area contributed by atoms with Crippen molar-refractivity contribution >= 4 is 35.0 Å². The van der Waals surface area contributed by atoms with Crippen molar-refractivity contribution in [2.45, 2.75) is 32.0 Å². The molecule has 0 saturated heterocycles. The van der Waals surface area contributed by atoms with E-state index in [4.69, 9.17) is 23.2 Å². The van der Waals surface area contributed by atoms with Crippen LogP contribution < -0.4 is 10.6 Å². The summed E-state index contributed by atoms with van der Waals surface area (Å²) in [6.45, 7) is -0.473. The van der Waals surface area contributed by atoms with Gasteiger partial charge in [-0.25, -0.2) is 18.4 Å². The first-order valence-electron chi connectivity index (χ1n) is 9.48. The van der Waals surface area contributed by atoms with E-state index >= 15 is 0 Å². The van der Waals surface area contributed by atoms with Crippen LogP contribution in [0.3, 0.4) is 0 Å². The van der Waals surface area contributed by atoms with Gasteiger partial charge in [0.2, 0.25) is 11.8 Å². The van der Waals surface area contributed by atoms with Gasteiger partial charge in [0.15, 0.2) is 12.2 Å². The van der Waals surface area contributed by atoms with Gasteiger partial charge in [-0.05, 0) is 23.8 Å². The standard InChI is InChI=1S/C19H18Cl2F2N6O4/c20-11-1-10(2-12(21)4-11)3-15(30)19(32)25-6-16(31)24-5-13-7-29(28-27-13)8-14-17(18(22)23)33-9-26-14/h1-2,4,7,9,15,18,30H,3,5-6,8H2,(H,24,31)(H,25,32). The number of alkyl halides is 2. The van der Waals surface area contributed by atoms with Crippen LogP contribution in [-0.4, -0.2) is 49.5 Å². The molecule has 0 spiro atoms. The van der Waals surface area contributed by atoms with Crippen LogP contribution in [-0.2, 0) is 29.1 Å². The number of hydrogen-bond acceptors (Lipinski definition) is 7. The average Bonchev–Trinajstić information content (AvgIpc) is 3.39. The van der Waals surface area contributed by atoms with Gasteiger partial charge in [0.05, 0.1) is 25.8 Å². The number of amides is 2. The number of hydrogen-bond donors (Lipinski definition) is 3. The zero-order valence-electron chi connectivity index (χ0n) is 16.8. The van der Waals surface area contributed by atoms with Crippen molar-refractivity contribution in [2.75, 3.05) is 6.54 Å². The molecule has 1 aromatic carbocycles. The van der Waals surface area contributed by atoms with Crippen LogP contribution in [0.25, 0.3) is 0 Å². The number of aliphatic hydroxyl groups is 1. The molecule has 3 aromatic rings. The Kier molecular flexibility index (Phi) is 8.31. The molecule has 1 unspecified atom stereocenters. The number of rotatable bonds is 10. The molecule has 14 heteroatoms. The van der Waals surface area contributed by atoms with Crippen molar-refractivity contribution in [1.29, 1.82) is 0 Å². The fourth-order valence-corrected chi connectivity index (χ4v) is 3.38. The van der Waals surface area contributed by atoms with Gasteiger partial charge in [0, 0.05) is 16.5 Å². The Morgan fingerprint density at radius 3 is 2.61 bits per heavy atom. The molecule has 0 radical (unpaired) electrons. The Bertz CT molecular complexity index is 1100. The van der Waals surface area contributed by atoms with Crippen molar-refractivity contribution in [1.82, 2.24) is 30.6 Å². The summed E-state index contributed by atoms with van der Waals surface area (Å²) in [5.74, 6) is -1.82. The van der Waals surface area contributed by atoms with E-state index in [-0.39, 0.29) is 31.7 Å². The van der Waals surface area contributed by atoms with Gasteiger partial charge in [0.25, 0.3) is 6.43 Å². The van der Waals surface area contributed by atoms with E-state index in [1.807, 2.05) is 0 Å². The Labute approximate surface area is 195 Å². The lowest BCUT2D eigenvalue weighted by molar-refractivity contribution is -0.131. The molecule has 10 nitrogen and oxygen atoms in total. The summed E-state index contributed by atoms with van der Waals surface area (Å²) in [5, 5.41) is 23.2. The largest absolute Gasteiger partial charge is 0.442 e. The lowest BCUT2D eigenvalue weighted by Crippen LogP contribution is -2.42. The number of nitrogens with one attached hydrogen (secondary N) is 2. The molecule has 33 heavy (non-hydrogen) atoms. The maximum absolute atomic E-state index is 12.8. The highest BCUT2D eigenvalue weighted by Crippen LogP contribution is 2.22. The Morgan fingerprint density at radius 1 is 1.18 bits per heavy atom. The predicted molar refractivity (Wildman–Crippen MR) is 112 cm³/mol. The molecule has 0 bridgehead atoms. The second kappa shape index (κ2) is 11.2. The molecular formula is C19H18Cl2F2N6O4. The monoisotopic (exact) mass is 502 g/mol. The van der Waals surface area contributed by atoms with Gasteiger partial charge in [-0.1, -0.05) is 28.4 Å². The van der Waals surface area contributed by atoms with Crippen LogP contribution in [0.5, 0.6) is 0 Å². The van der Waals surface area contributed by atoms with Gasteiger partial charge < -0.3 is 20.2 Å². The third-order valence-corrected chi connectivity index (χ3v) is 4.75. The molecule has 3 rings (SSSR count). The number of oxazole rings is 1. The Hall–Kier alpha value is -3.09. The number of carbonyl (C=O) groups excluding carboxylic acids is 2. The van der Waals surface area contributed by atoms with Gasteiger partial charge in [-0.15, -0.1) is 5.10 Å². The summed E-state index contributed by atoms with van der Waals surface area (Å²) < 4.78 is 31.5. The molecule has 176 valence electrons. The third-order valence-electron chi connectivity index (χ3n) is 4.31.